The van der Waals surface area contributed by atoms with Crippen molar-refractivity contribution >= 4 is 0 Å². The maximum absolute atomic E-state index is 4.71. The molecule has 0 bridgehead atoms. The number of aromatic nitrogens is 4. The summed E-state index contributed by atoms with van der Waals surface area (Å²) in [4.78, 5) is 0. The zero-order valence-corrected chi connectivity index (χ0v) is 12.0. The molecular weight excluding hydrogens is 236 g/mol. The molecule has 1 aliphatic carbocycles. The highest BCUT2D eigenvalue weighted by molar-refractivity contribution is 5.11. The molecule has 3 rings (SSSR count). The second-order valence-corrected chi connectivity index (χ2v) is 5.79. The standard InChI is InChI=1S/C15H22N4/c1-11(4-5-14-10-12(2)16-18(14)3)15-8-9-19(17-15)13-6-7-13/h8-11,13H,4-7H2,1-3H3. The predicted molar refractivity (Wildman–Crippen MR) is 75.2 cm³/mol. The average Bonchev–Trinajstić information content (AvgIpc) is 3.01. The molecule has 0 amide bonds. The molecule has 0 N–H and O–H groups in total. The van der Waals surface area contributed by atoms with Crippen LogP contribution in [0.2, 0.25) is 0 Å². The number of aryl methyl sites for hydroxylation is 3. The number of rotatable bonds is 5. The average molecular weight is 258 g/mol. The molecule has 4 nitrogen and oxygen atoms in total. The molecule has 1 aliphatic rings. The second-order valence-electron chi connectivity index (χ2n) is 5.79. The summed E-state index contributed by atoms with van der Waals surface area (Å²) in [6.07, 6.45) is 6.92. The third-order valence-electron chi connectivity index (χ3n) is 3.99. The van der Waals surface area contributed by atoms with Crippen LogP contribution in [0.15, 0.2) is 18.3 Å². The largest absolute Gasteiger partial charge is 0.272 e. The lowest BCUT2D eigenvalue weighted by atomic mass is 10.0. The minimum Gasteiger partial charge on any atom is -0.272 e. The summed E-state index contributed by atoms with van der Waals surface area (Å²) >= 11 is 0. The van der Waals surface area contributed by atoms with Crippen LogP contribution in [-0.4, -0.2) is 19.6 Å². The molecule has 0 aliphatic heterocycles. The number of nitrogens with zero attached hydrogens (tertiary/aromatic N) is 4. The van der Waals surface area contributed by atoms with Crippen LogP contribution in [0.4, 0.5) is 0 Å². The molecule has 0 aromatic carbocycles. The highest BCUT2D eigenvalue weighted by atomic mass is 15.3. The van der Waals surface area contributed by atoms with Crippen LogP contribution in [0.5, 0.6) is 0 Å². The van der Waals surface area contributed by atoms with Crippen LogP contribution in [-0.2, 0) is 13.5 Å². The van der Waals surface area contributed by atoms with Gasteiger partial charge in [-0.1, -0.05) is 6.92 Å². The van der Waals surface area contributed by atoms with Gasteiger partial charge in [0.15, 0.2) is 0 Å². The highest BCUT2D eigenvalue weighted by Gasteiger charge is 2.24. The van der Waals surface area contributed by atoms with Gasteiger partial charge in [0.05, 0.1) is 17.4 Å². The Morgan fingerprint density at radius 3 is 2.79 bits per heavy atom. The molecule has 1 saturated carbocycles. The summed E-state index contributed by atoms with van der Waals surface area (Å²) in [5, 5.41) is 9.10. The minimum absolute atomic E-state index is 0.509. The first-order chi connectivity index (χ1) is 9.13. The van der Waals surface area contributed by atoms with E-state index in [1.807, 2.05) is 18.7 Å². The fourth-order valence-corrected chi connectivity index (χ4v) is 2.57. The first kappa shape index (κ1) is 12.5. The molecule has 2 aromatic rings. The second kappa shape index (κ2) is 4.83. The smallest absolute Gasteiger partial charge is 0.0652 e. The molecule has 0 spiro atoms. The van der Waals surface area contributed by atoms with Crippen molar-refractivity contribution < 1.29 is 0 Å². The van der Waals surface area contributed by atoms with E-state index in [1.165, 1.54) is 24.2 Å². The summed E-state index contributed by atoms with van der Waals surface area (Å²) in [5.41, 5.74) is 3.64. The van der Waals surface area contributed by atoms with Crippen LogP contribution in [0, 0.1) is 6.92 Å². The first-order valence-electron chi connectivity index (χ1n) is 7.18. The molecule has 0 saturated heterocycles. The van der Waals surface area contributed by atoms with Gasteiger partial charge in [-0.25, -0.2) is 0 Å². The van der Waals surface area contributed by atoms with E-state index in [4.69, 9.17) is 5.10 Å². The summed E-state index contributed by atoms with van der Waals surface area (Å²) < 4.78 is 4.13. The lowest BCUT2D eigenvalue weighted by Crippen LogP contribution is -2.03. The van der Waals surface area contributed by atoms with Gasteiger partial charge in [-0.2, -0.15) is 10.2 Å². The van der Waals surface area contributed by atoms with Crippen molar-refractivity contribution in [2.45, 2.75) is 51.5 Å². The Hall–Kier alpha value is -1.58. The van der Waals surface area contributed by atoms with Gasteiger partial charge < -0.3 is 0 Å². The quantitative estimate of drug-likeness (QED) is 0.826. The van der Waals surface area contributed by atoms with Gasteiger partial charge in [-0.05, 0) is 44.7 Å². The van der Waals surface area contributed by atoms with Crippen LogP contribution in [0.1, 0.15) is 55.2 Å². The summed E-state index contributed by atoms with van der Waals surface area (Å²) in [7, 11) is 2.02. The molecule has 1 fully saturated rings. The van der Waals surface area contributed by atoms with Crippen LogP contribution in [0.3, 0.4) is 0 Å². The van der Waals surface area contributed by atoms with Crippen molar-refractivity contribution in [2.75, 3.05) is 0 Å². The third kappa shape index (κ3) is 2.72. The zero-order chi connectivity index (χ0) is 13.4. The Morgan fingerprint density at radius 2 is 2.16 bits per heavy atom. The van der Waals surface area contributed by atoms with Gasteiger partial charge in [-0.3, -0.25) is 9.36 Å². The third-order valence-corrected chi connectivity index (χ3v) is 3.99. The maximum atomic E-state index is 4.71. The Morgan fingerprint density at radius 1 is 1.37 bits per heavy atom. The number of hydrogen-bond acceptors (Lipinski definition) is 2. The van der Waals surface area contributed by atoms with Gasteiger partial charge >= 0.3 is 0 Å². The Balaban J connectivity index is 1.60. The van der Waals surface area contributed by atoms with E-state index in [0.717, 1.165) is 18.5 Å². The van der Waals surface area contributed by atoms with Gasteiger partial charge in [0.2, 0.25) is 0 Å². The molecule has 2 aromatic heterocycles. The summed E-state index contributed by atoms with van der Waals surface area (Å²) in [6.45, 7) is 4.31. The molecule has 102 valence electrons. The van der Waals surface area contributed by atoms with E-state index in [9.17, 15) is 0 Å². The van der Waals surface area contributed by atoms with Crippen molar-refractivity contribution in [3.05, 3.63) is 35.4 Å². The SMILES string of the molecule is Cc1cc(CCC(C)c2ccn(C3CC3)n2)n(C)n1. The molecule has 0 radical (unpaired) electrons. The Kier molecular flexibility index (Phi) is 3.17. The van der Waals surface area contributed by atoms with E-state index in [2.05, 4.69) is 35.0 Å². The van der Waals surface area contributed by atoms with Gasteiger partial charge in [0, 0.05) is 24.9 Å². The molecule has 1 atom stereocenters. The molecule has 2 heterocycles. The maximum Gasteiger partial charge on any atom is 0.0652 e. The van der Waals surface area contributed by atoms with Gasteiger partial charge in [0.25, 0.3) is 0 Å². The lowest BCUT2D eigenvalue weighted by molar-refractivity contribution is 0.583. The van der Waals surface area contributed by atoms with E-state index in [-0.39, 0.29) is 0 Å². The molecular formula is C15H22N4. The van der Waals surface area contributed by atoms with E-state index in [0.29, 0.717) is 12.0 Å². The van der Waals surface area contributed by atoms with Gasteiger partial charge in [0.1, 0.15) is 0 Å². The van der Waals surface area contributed by atoms with Crippen molar-refractivity contribution in [1.82, 2.24) is 19.6 Å². The van der Waals surface area contributed by atoms with Crippen LogP contribution in [0.25, 0.3) is 0 Å². The molecule has 1 unspecified atom stereocenters. The van der Waals surface area contributed by atoms with E-state index < -0.39 is 0 Å². The Labute approximate surface area is 114 Å². The first-order valence-corrected chi connectivity index (χ1v) is 7.18. The lowest BCUT2D eigenvalue weighted by Gasteiger charge is -2.08. The van der Waals surface area contributed by atoms with Crippen LogP contribution < -0.4 is 0 Å². The van der Waals surface area contributed by atoms with Crippen molar-refractivity contribution in [3.63, 3.8) is 0 Å². The fraction of sp³-hybridized carbons (Fsp3) is 0.600. The number of hydrogen-bond donors (Lipinski definition) is 0. The van der Waals surface area contributed by atoms with E-state index in [1.54, 1.807) is 0 Å². The summed E-state index contributed by atoms with van der Waals surface area (Å²) in [6, 6.07) is 5.04. The summed E-state index contributed by atoms with van der Waals surface area (Å²) in [5.74, 6) is 0.509. The molecule has 19 heavy (non-hydrogen) atoms. The van der Waals surface area contributed by atoms with Gasteiger partial charge in [-0.15, -0.1) is 0 Å². The zero-order valence-electron chi connectivity index (χ0n) is 12.0. The topological polar surface area (TPSA) is 35.6 Å². The predicted octanol–water partition coefficient (Wildman–Crippen LogP) is 3.00. The monoisotopic (exact) mass is 258 g/mol. The van der Waals surface area contributed by atoms with E-state index >= 15 is 0 Å². The normalized spacial score (nSPS) is 16.8. The highest BCUT2D eigenvalue weighted by Crippen LogP contribution is 2.34. The van der Waals surface area contributed by atoms with Crippen LogP contribution >= 0.6 is 0 Å². The fourth-order valence-electron chi connectivity index (χ4n) is 2.57. The van der Waals surface area contributed by atoms with Crippen molar-refractivity contribution in [1.29, 1.82) is 0 Å². The minimum atomic E-state index is 0.509. The molecule has 4 heteroatoms. The van der Waals surface area contributed by atoms with Crippen molar-refractivity contribution in [3.8, 4) is 0 Å². The van der Waals surface area contributed by atoms with Crippen molar-refractivity contribution in [2.24, 2.45) is 7.05 Å². The Bertz CT molecular complexity index is 562.